The molecular weight excluding hydrogens is 300 g/mol. The molecule has 2 rings (SSSR count). The molecule has 8 heteroatoms. The third kappa shape index (κ3) is 3.14. The van der Waals surface area contributed by atoms with Gasteiger partial charge in [-0.1, -0.05) is 6.07 Å². The number of aryl methyl sites for hydroxylation is 1. The molecule has 0 atom stereocenters. The number of nitrogens with one attached hydrogen (secondary N) is 1. The van der Waals surface area contributed by atoms with Gasteiger partial charge in [0.05, 0.1) is 17.6 Å². The maximum absolute atomic E-state index is 12.2. The predicted molar refractivity (Wildman–Crippen MR) is 75.4 cm³/mol. The summed E-state index contributed by atoms with van der Waals surface area (Å²) in [5.41, 5.74) is 0.172. The minimum absolute atomic E-state index is 0.0201. The number of hydrogen-bond acceptors (Lipinski definition) is 6. The molecule has 0 spiro atoms. The molecular formula is C12H12N2O4S2. The number of anilines is 1. The van der Waals surface area contributed by atoms with E-state index in [9.17, 15) is 13.2 Å². The molecule has 106 valence electrons. The van der Waals surface area contributed by atoms with E-state index in [-0.39, 0.29) is 15.6 Å². The van der Waals surface area contributed by atoms with Crippen molar-refractivity contribution in [2.24, 2.45) is 0 Å². The van der Waals surface area contributed by atoms with Gasteiger partial charge in [0.1, 0.15) is 0 Å². The molecule has 1 aromatic carbocycles. The second kappa shape index (κ2) is 5.59. The van der Waals surface area contributed by atoms with E-state index >= 15 is 0 Å². The van der Waals surface area contributed by atoms with Crippen LogP contribution < -0.4 is 4.72 Å². The van der Waals surface area contributed by atoms with Gasteiger partial charge in [-0.05, 0) is 25.1 Å². The van der Waals surface area contributed by atoms with Crippen LogP contribution in [-0.4, -0.2) is 26.5 Å². The summed E-state index contributed by atoms with van der Waals surface area (Å²) >= 11 is 1.23. The Morgan fingerprint density at radius 3 is 2.75 bits per heavy atom. The number of aromatic nitrogens is 1. The van der Waals surface area contributed by atoms with Gasteiger partial charge >= 0.3 is 5.97 Å². The number of benzene rings is 1. The summed E-state index contributed by atoms with van der Waals surface area (Å²) in [7, 11) is -2.54. The van der Waals surface area contributed by atoms with Crippen LogP contribution in [0.1, 0.15) is 15.2 Å². The van der Waals surface area contributed by atoms with Crippen LogP contribution in [0.2, 0.25) is 0 Å². The first-order valence-electron chi connectivity index (χ1n) is 5.56. The van der Waals surface area contributed by atoms with Gasteiger partial charge in [0.2, 0.25) is 0 Å². The Balaban J connectivity index is 2.32. The van der Waals surface area contributed by atoms with E-state index in [2.05, 4.69) is 14.4 Å². The molecule has 0 aliphatic carbocycles. The molecule has 1 heterocycles. The third-order valence-corrected chi connectivity index (χ3v) is 4.70. The summed E-state index contributed by atoms with van der Waals surface area (Å²) in [6.45, 7) is 1.83. The van der Waals surface area contributed by atoms with Crippen molar-refractivity contribution in [1.82, 2.24) is 4.98 Å². The zero-order valence-electron chi connectivity index (χ0n) is 10.8. The number of sulfonamides is 1. The molecule has 0 saturated heterocycles. The highest BCUT2D eigenvalue weighted by atomic mass is 32.2. The SMILES string of the molecule is COC(=O)c1cccc(S(=O)(=O)Nc2ncc(C)s2)c1. The number of hydrogen-bond donors (Lipinski definition) is 1. The van der Waals surface area contributed by atoms with Gasteiger partial charge in [-0.3, -0.25) is 4.72 Å². The number of carbonyl (C=O) groups excluding carboxylic acids is 1. The Morgan fingerprint density at radius 1 is 1.40 bits per heavy atom. The zero-order valence-corrected chi connectivity index (χ0v) is 12.4. The van der Waals surface area contributed by atoms with Crippen molar-refractivity contribution >= 4 is 32.5 Å². The van der Waals surface area contributed by atoms with Gasteiger partial charge < -0.3 is 4.74 Å². The lowest BCUT2D eigenvalue weighted by Gasteiger charge is -2.06. The highest BCUT2D eigenvalue weighted by Crippen LogP contribution is 2.21. The monoisotopic (exact) mass is 312 g/mol. The van der Waals surface area contributed by atoms with E-state index in [1.807, 2.05) is 6.92 Å². The highest BCUT2D eigenvalue weighted by molar-refractivity contribution is 7.93. The standard InChI is InChI=1S/C12H12N2O4S2/c1-8-7-13-12(19-8)14-20(16,17)10-5-3-4-9(6-10)11(15)18-2/h3-7H,1-2H3,(H,13,14). The average molecular weight is 312 g/mol. The van der Waals surface area contributed by atoms with Crippen molar-refractivity contribution in [2.75, 3.05) is 11.8 Å². The van der Waals surface area contributed by atoms with Gasteiger partial charge in [0, 0.05) is 11.1 Å². The highest BCUT2D eigenvalue weighted by Gasteiger charge is 2.18. The van der Waals surface area contributed by atoms with Crippen LogP contribution in [-0.2, 0) is 14.8 Å². The molecule has 0 unspecified atom stereocenters. The first-order chi connectivity index (χ1) is 9.42. The van der Waals surface area contributed by atoms with E-state index in [1.165, 1.54) is 42.7 Å². The number of carbonyl (C=O) groups is 1. The van der Waals surface area contributed by atoms with Crippen molar-refractivity contribution in [1.29, 1.82) is 0 Å². The summed E-state index contributed by atoms with van der Waals surface area (Å²) in [4.78, 5) is 16.2. The van der Waals surface area contributed by atoms with E-state index in [4.69, 9.17) is 0 Å². The van der Waals surface area contributed by atoms with Gasteiger partial charge in [0.15, 0.2) is 5.13 Å². The number of ether oxygens (including phenoxy) is 1. The lowest BCUT2D eigenvalue weighted by atomic mass is 10.2. The molecule has 0 saturated carbocycles. The topological polar surface area (TPSA) is 85.4 Å². The normalized spacial score (nSPS) is 11.1. The Kier molecular flexibility index (Phi) is 4.05. The van der Waals surface area contributed by atoms with Crippen LogP contribution >= 0.6 is 11.3 Å². The molecule has 2 aromatic rings. The van der Waals surface area contributed by atoms with E-state index in [0.717, 1.165) is 4.88 Å². The number of thiazole rings is 1. The fourth-order valence-corrected chi connectivity index (χ4v) is 3.44. The summed E-state index contributed by atoms with van der Waals surface area (Å²) in [6.07, 6.45) is 1.58. The lowest BCUT2D eigenvalue weighted by Crippen LogP contribution is -2.13. The van der Waals surface area contributed by atoms with Gasteiger partial charge in [-0.25, -0.2) is 18.2 Å². The molecule has 0 fully saturated rings. The molecule has 0 amide bonds. The fourth-order valence-electron chi connectivity index (χ4n) is 1.48. The first kappa shape index (κ1) is 14.5. The molecule has 20 heavy (non-hydrogen) atoms. The maximum atomic E-state index is 12.2. The Bertz CT molecular complexity index is 737. The van der Waals surface area contributed by atoms with Crippen LogP contribution in [0.3, 0.4) is 0 Å². The molecule has 0 bridgehead atoms. The first-order valence-corrected chi connectivity index (χ1v) is 7.86. The number of methoxy groups -OCH3 is 1. The van der Waals surface area contributed by atoms with Crippen LogP contribution in [0, 0.1) is 6.92 Å². The van der Waals surface area contributed by atoms with E-state index in [0.29, 0.717) is 0 Å². The summed E-state index contributed by atoms with van der Waals surface area (Å²) in [6, 6.07) is 5.62. The van der Waals surface area contributed by atoms with Crippen LogP contribution in [0.4, 0.5) is 5.13 Å². The second-order valence-electron chi connectivity index (χ2n) is 3.90. The minimum atomic E-state index is -3.77. The maximum Gasteiger partial charge on any atom is 0.337 e. The number of nitrogens with zero attached hydrogens (tertiary/aromatic N) is 1. The van der Waals surface area contributed by atoms with Crippen molar-refractivity contribution < 1.29 is 17.9 Å². The quantitative estimate of drug-likeness (QED) is 0.873. The minimum Gasteiger partial charge on any atom is -0.465 e. The summed E-state index contributed by atoms with van der Waals surface area (Å²) in [5.74, 6) is -0.591. The van der Waals surface area contributed by atoms with Crippen molar-refractivity contribution in [3.63, 3.8) is 0 Å². The van der Waals surface area contributed by atoms with Gasteiger partial charge in [-0.15, -0.1) is 11.3 Å². The smallest absolute Gasteiger partial charge is 0.337 e. The Labute approximate surface area is 120 Å². The number of rotatable bonds is 4. The molecule has 0 aliphatic heterocycles. The average Bonchev–Trinajstić information content (AvgIpc) is 2.82. The van der Waals surface area contributed by atoms with Crippen molar-refractivity contribution in [2.45, 2.75) is 11.8 Å². The molecule has 0 aliphatic rings. The van der Waals surface area contributed by atoms with E-state index < -0.39 is 16.0 Å². The lowest BCUT2D eigenvalue weighted by molar-refractivity contribution is 0.0600. The van der Waals surface area contributed by atoms with Gasteiger partial charge in [0.25, 0.3) is 10.0 Å². The summed E-state index contributed by atoms with van der Waals surface area (Å²) in [5, 5.41) is 0.283. The third-order valence-electron chi connectivity index (χ3n) is 2.41. The Hall–Kier alpha value is -1.93. The second-order valence-corrected chi connectivity index (χ2v) is 6.82. The fraction of sp³-hybridized carbons (Fsp3) is 0.167. The van der Waals surface area contributed by atoms with E-state index in [1.54, 1.807) is 6.20 Å². The Morgan fingerprint density at radius 2 is 2.15 bits per heavy atom. The summed E-state index contributed by atoms with van der Waals surface area (Å²) < 4.78 is 31.3. The van der Waals surface area contributed by atoms with Crippen LogP contribution in [0.25, 0.3) is 0 Å². The number of esters is 1. The molecule has 1 aromatic heterocycles. The van der Waals surface area contributed by atoms with Crippen LogP contribution in [0.5, 0.6) is 0 Å². The molecule has 6 nitrogen and oxygen atoms in total. The van der Waals surface area contributed by atoms with Crippen molar-refractivity contribution in [3.8, 4) is 0 Å². The molecule has 1 N–H and O–H groups in total. The zero-order chi connectivity index (χ0) is 14.8. The van der Waals surface area contributed by atoms with Gasteiger partial charge in [-0.2, -0.15) is 0 Å². The molecule has 0 radical (unpaired) electrons. The predicted octanol–water partition coefficient (Wildman–Crippen LogP) is 2.04. The largest absolute Gasteiger partial charge is 0.465 e. The van der Waals surface area contributed by atoms with Crippen molar-refractivity contribution in [3.05, 3.63) is 40.9 Å². The van der Waals surface area contributed by atoms with Crippen LogP contribution in [0.15, 0.2) is 35.4 Å².